The molecule has 7 nitrogen and oxygen atoms in total. The maximum atomic E-state index is 12.5. The van der Waals surface area contributed by atoms with E-state index in [2.05, 4.69) is 0 Å². The maximum absolute atomic E-state index is 12.5. The van der Waals surface area contributed by atoms with Gasteiger partial charge in [-0.2, -0.15) is 0 Å². The Hall–Kier alpha value is -4.00. The van der Waals surface area contributed by atoms with Crippen LogP contribution in [-0.4, -0.2) is 41.8 Å². The number of carbonyl (C=O) groups is 2. The van der Waals surface area contributed by atoms with Crippen LogP contribution in [0.3, 0.4) is 0 Å². The van der Waals surface area contributed by atoms with E-state index in [-0.39, 0.29) is 5.92 Å². The Labute approximate surface area is 192 Å². The van der Waals surface area contributed by atoms with Gasteiger partial charge in [-0.05, 0) is 53.9 Å². The average Bonchev–Trinajstić information content (AvgIpc) is 2.81. The van der Waals surface area contributed by atoms with Gasteiger partial charge in [-0.3, -0.25) is 4.90 Å². The van der Waals surface area contributed by atoms with Crippen molar-refractivity contribution < 1.29 is 28.9 Å². The van der Waals surface area contributed by atoms with E-state index < -0.39 is 18.1 Å². The first-order valence-electron chi connectivity index (χ1n) is 10.6. The maximum Gasteiger partial charge on any atom is 0.416 e. The number of amides is 1. The van der Waals surface area contributed by atoms with Gasteiger partial charge < -0.3 is 19.3 Å². The van der Waals surface area contributed by atoms with Gasteiger partial charge in [-0.15, -0.1) is 0 Å². The summed E-state index contributed by atoms with van der Waals surface area (Å²) in [7, 11) is 1.55. The zero-order chi connectivity index (χ0) is 23.2. The Morgan fingerprint density at radius 3 is 2.30 bits per heavy atom. The second-order valence-electron chi connectivity index (χ2n) is 7.86. The molecule has 1 aliphatic rings. The van der Waals surface area contributed by atoms with Crippen LogP contribution in [0.5, 0.6) is 17.2 Å². The third-order valence-corrected chi connectivity index (χ3v) is 5.61. The summed E-state index contributed by atoms with van der Waals surface area (Å²) in [5.74, 6) is 0.428. The summed E-state index contributed by atoms with van der Waals surface area (Å²) in [6.45, 7) is 0.761. The molecule has 0 aliphatic carbocycles. The Balaban J connectivity index is 1.35. The van der Waals surface area contributed by atoms with Gasteiger partial charge in [0.2, 0.25) is 0 Å². The Morgan fingerprint density at radius 1 is 0.909 bits per heavy atom. The lowest BCUT2D eigenvalue weighted by atomic mass is 9.83. The monoisotopic (exact) mass is 447 g/mol. The van der Waals surface area contributed by atoms with Gasteiger partial charge in [0.1, 0.15) is 29.9 Å². The van der Waals surface area contributed by atoms with Crippen molar-refractivity contribution >= 4 is 12.1 Å². The summed E-state index contributed by atoms with van der Waals surface area (Å²) in [4.78, 5) is 25.6. The molecular formula is C26H25NO6. The van der Waals surface area contributed by atoms with Gasteiger partial charge in [0, 0.05) is 12.5 Å². The Morgan fingerprint density at radius 2 is 1.61 bits per heavy atom. The summed E-state index contributed by atoms with van der Waals surface area (Å²) in [6, 6.07) is 23.1. The number of likely N-dealkylation sites (tertiary alicyclic amines) is 1. The molecule has 1 fully saturated rings. The summed E-state index contributed by atoms with van der Waals surface area (Å²) >= 11 is 0. The zero-order valence-electron chi connectivity index (χ0n) is 18.2. The van der Waals surface area contributed by atoms with Gasteiger partial charge in [0.25, 0.3) is 0 Å². The molecule has 0 bridgehead atoms. The van der Waals surface area contributed by atoms with E-state index in [9.17, 15) is 14.7 Å². The minimum Gasteiger partial charge on any atom is -0.497 e. The van der Waals surface area contributed by atoms with Crippen LogP contribution in [0, 0.1) is 5.92 Å². The fourth-order valence-corrected chi connectivity index (χ4v) is 3.89. The van der Waals surface area contributed by atoms with E-state index in [0.29, 0.717) is 31.1 Å². The lowest BCUT2D eigenvalue weighted by Gasteiger charge is -2.44. The SMILES string of the molecule is COc1ccc(OC(=O)N2C[C@@H](Cc3cccc(OCc4ccccc4)c3)[C@H]2C(=O)O)cc1. The quantitative estimate of drug-likeness (QED) is 0.551. The largest absolute Gasteiger partial charge is 0.497 e. The van der Waals surface area contributed by atoms with Crippen molar-refractivity contribution in [3.63, 3.8) is 0 Å². The molecule has 0 radical (unpaired) electrons. The van der Waals surface area contributed by atoms with Crippen LogP contribution >= 0.6 is 0 Å². The molecule has 1 aliphatic heterocycles. The number of benzene rings is 3. The third kappa shape index (κ3) is 5.44. The normalized spacial score (nSPS) is 17.1. The summed E-state index contributed by atoms with van der Waals surface area (Å²) in [6.07, 6.45) is -0.157. The number of rotatable bonds is 8. The second kappa shape index (κ2) is 10.1. The van der Waals surface area contributed by atoms with Crippen LogP contribution in [-0.2, 0) is 17.8 Å². The predicted molar refractivity (Wildman–Crippen MR) is 122 cm³/mol. The first kappa shape index (κ1) is 22.2. The van der Waals surface area contributed by atoms with Crippen molar-refractivity contribution in [3.05, 3.63) is 90.0 Å². The molecule has 33 heavy (non-hydrogen) atoms. The fourth-order valence-electron chi connectivity index (χ4n) is 3.89. The number of carboxylic acids is 1. The number of hydrogen-bond donors (Lipinski definition) is 1. The zero-order valence-corrected chi connectivity index (χ0v) is 18.2. The van der Waals surface area contributed by atoms with Gasteiger partial charge in [0.15, 0.2) is 0 Å². The molecule has 170 valence electrons. The fraction of sp³-hybridized carbons (Fsp3) is 0.231. The van der Waals surface area contributed by atoms with E-state index in [1.807, 2.05) is 54.6 Å². The van der Waals surface area contributed by atoms with Crippen LogP contribution in [0.4, 0.5) is 4.79 Å². The summed E-state index contributed by atoms with van der Waals surface area (Å²) in [5, 5.41) is 9.71. The van der Waals surface area contributed by atoms with Crippen molar-refractivity contribution in [2.75, 3.05) is 13.7 Å². The van der Waals surface area contributed by atoms with Crippen molar-refractivity contribution in [3.8, 4) is 17.2 Å². The molecule has 1 amide bonds. The topological polar surface area (TPSA) is 85.3 Å². The molecule has 2 atom stereocenters. The molecule has 0 spiro atoms. The highest BCUT2D eigenvalue weighted by Gasteiger charge is 2.47. The number of aliphatic carboxylic acids is 1. The van der Waals surface area contributed by atoms with E-state index in [0.717, 1.165) is 16.9 Å². The standard InChI is InChI=1S/C26H25NO6/c1-31-21-10-12-22(13-11-21)33-26(30)27-16-20(24(27)25(28)29)14-19-8-5-9-23(15-19)32-17-18-6-3-2-4-7-18/h2-13,15,20,24H,14,16-17H2,1H3,(H,28,29)/t20-,24+/m1/s1. The van der Waals surface area contributed by atoms with Crippen molar-refractivity contribution in [2.45, 2.75) is 19.1 Å². The third-order valence-electron chi connectivity index (χ3n) is 5.61. The molecule has 4 rings (SSSR count). The average molecular weight is 447 g/mol. The number of carbonyl (C=O) groups excluding carboxylic acids is 1. The van der Waals surface area contributed by atoms with Crippen LogP contribution in [0.15, 0.2) is 78.9 Å². The smallest absolute Gasteiger partial charge is 0.416 e. The highest BCUT2D eigenvalue weighted by Crippen LogP contribution is 2.31. The molecular weight excluding hydrogens is 422 g/mol. The highest BCUT2D eigenvalue weighted by molar-refractivity contribution is 5.83. The van der Waals surface area contributed by atoms with Gasteiger partial charge >= 0.3 is 12.1 Å². The predicted octanol–water partition coefficient (Wildman–Crippen LogP) is 4.40. The first-order valence-corrected chi connectivity index (χ1v) is 10.6. The van der Waals surface area contributed by atoms with Gasteiger partial charge in [0.05, 0.1) is 7.11 Å². The van der Waals surface area contributed by atoms with Crippen LogP contribution in [0.1, 0.15) is 11.1 Å². The number of methoxy groups -OCH3 is 1. The van der Waals surface area contributed by atoms with E-state index in [4.69, 9.17) is 14.2 Å². The first-order chi connectivity index (χ1) is 16.0. The van der Waals surface area contributed by atoms with Gasteiger partial charge in [-0.25, -0.2) is 9.59 Å². The number of ether oxygens (including phenoxy) is 3. The van der Waals surface area contributed by atoms with Crippen LogP contribution in [0.25, 0.3) is 0 Å². The Bertz CT molecular complexity index is 1100. The number of nitrogens with zero attached hydrogens (tertiary/aromatic N) is 1. The molecule has 3 aromatic carbocycles. The molecule has 0 aromatic heterocycles. The lowest BCUT2D eigenvalue weighted by molar-refractivity contribution is -0.150. The summed E-state index contributed by atoms with van der Waals surface area (Å²) < 4.78 is 16.3. The van der Waals surface area contributed by atoms with Crippen molar-refractivity contribution in [1.29, 1.82) is 0 Å². The van der Waals surface area contributed by atoms with Crippen LogP contribution < -0.4 is 14.2 Å². The van der Waals surface area contributed by atoms with E-state index in [1.54, 1.807) is 31.4 Å². The van der Waals surface area contributed by atoms with Crippen LogP contribution in [0.2, 0.25) is 0 Å². The van der Waals surface area contributed by atoms with E-state index in [1.165, 1.54) is 4.90 Å². The summed E-state index contributed by atoms with van der Waals surface area (Å²) in [5.41, 5.74) is 2.03. The van der Waals surface area contributed by atoms with Gasteiger partial charge in [-0.1, -0.05) is 42.5 Å². The second-order valence-corrected chi connectivity index (χ2v) is 7.86. The van der Waals surface area contributed by atoms with Crippen molar-refractivity contribution in [1.82, 2.24) is 4.90 Å². The Kier molecular flexibility index (Phi) is 6.78. The molecule has 3 aromatic rings. The number of carboxylic acid groups (broad SMARTS) is 1. The molecule has 1 heterocycles. The molecule has 7 heteroatoms. The van der Waals surface area contributed by atoms with Crippen molar-refractivity contribution in [2.24, 2.45) is 5.92 Å². The number of hydrogen-bond acceptors (Lipinski definition) is 5. The van der Waals surface area contributed by atoms with E-state index >= 15 is 0 Å². The molecule has 1 saturated heterocycles. The highest BCUT2D eigenvalue weighted by atomic mass is 16.6. The minimum absolute atomic E-state index is 0.213. The molecule has 1 N–H and O–H groups in total. The minimum atomic E-state index is -1.05. The molecule has 0 saturated carbocycles. The lowest BCUT2D eigenvalue weighted by Crippen LogP contribution is -2.63. The molecule has 0 unspecified atom stereocenters.